The smallest absolute Gasteiger partial charge is 0.205 e. The van der Waals surface area contributed by atoms with E-state index in [2.05, 4.69) is 41.4 Å². The van der Waals surface area contributed by atoms with E-state index in [1.54, 1.807) is 0 Å². The predicted octanol–water partition coefficient (Wildman–Crippen LogP) is 3.15. The lowest BCUT2D eigenvalue weighted by molar-refractivity contribution is 0.583. The van der Waals surface area contributed by atoms with Gasteiger partial charge < -0.3 is 9.47 Å². The third-order valence-electron chi connectivity index (χ3n) is 3.28. The fourth-order valence-electron chi connectivity index (χ4n) is 2.39. The number of aryl methyl sites for hydroxylation is 1. The summed E-state index contributed by atoms with van der Waals surface area (Å²) in [6.45, 7) is 8.87. The summed E-state index contributed by atoms with van der Waals surface area (Å²) < 4.78 is 2.31. The summed E-state index contributed by atoms with van der Waals surface area (Å²) in [5.41, 5.74) is 1.13. The van der Waals surface area contributed by atoms with E-state index in [-0.39, 0.29) is 0 Å². The Morgan fingerprint density at radius 2 is 1.75 bits per heavy atom. The van der Waals surface area contributed by atoms with Gasteiger partial charge in [-0.3, -0.25) is 0 Å². The summed E-state index contributed by atoms with van der Waals surface area (Å²) in [6.07, 6.45) is 7.54. The zero-order valence-electron chi connectivity index (χ0n) is 10.7. The van der Waals surface area contributed by atoms with Crippen LogP contribution in [0.2, 0.25) is 0 Å². The van der Waals surface area contributed by atoms with E-state index in [1.807, 2.05) is 0 Å². The van der Waals surface area contributed by atoms with Gasteiger partial charge in [-0.2, -0.15) is 0 Å². The minimum atomic E-state index is 0.499. The number of hydrogen-bond acceptors (Lipinski definition) is 2. The van der Waals surface area contributed by atoms with Crippen LogP contribution in [0.1, 0.15) is 51.3 Å². The Kier molecular flexibility index (Phi) is 3.52. The van der Waals surface area contributed by atoms with Crippen LogP contribution in [-0.2, 0) is 0 Å². The van der Waals surface area contributed by atoms with Crippen molar-refractivity contribution in [3.8, 4) is 0 Å². The molecular weight excluding hydrogens is 198 g/mol. The first-order valence-corrected chi connectivity index (χ1v) is 6.49. The van der Waals surface area contributed by atoms with Gasteiger partial charge in [-0.25, -0.2) is 4.98 Å². The normalized spacial score (nSPS) is 17.9. The molecule has 2 rings (SSSR count). The van der Waals surface area contributed by atoms with Gasteiger partial charge in [-0.1, -0.05) is 12.8 Å². The van der Waals surface area contributed by atoms with E-state index in [9.17, 15) is 0 Å². The number of imidazole rings is 1. The summed E-state index contributed by atoms with van der Waals surface area (Å²) in [5, 5.41) is 0. The standard InChI is InChI=1S/C13H23N3/c1-11(2)16-10-12(3)14-13(16)15-8-6-4-5-7-9-15/h10-11H,4-9H2,1-3H3. The minimum Gasteiger partial charge on any atom is -0.342 e. The molecule has 1 aromatic heterocycles. The first-order valence-electron chi connectivity index (χ1n) is 6.49. The molecule has 3 heteroatoms. The monoisotopic (exact) mass is 221 g/mol. The van der Waals surface area contributed by atoms with Gasteiger partial charge in [0.15, 0.2) is 0 Å². The SMILES string of the molecule is Cc1cn(C(C)C)c(N2CCCCCC2)n1. The number of aromatic nitrogens is 2. The van der Waals surface area contributed by atoms with Crippen molar-refractivity contribution in [3.63, 3.8) is 0 Å². The van der Waals surface area contributed by atoms with Crippen LogP contribution in [0.4, 0.5) is 5.95 Å². The van der Waals surface area contributed by atoms with Crippen molar-refractivity contribution >= 4 is 5.95 Å². The van der Waals surface area contributed by atoms with Gasteiger partial charge in [-0.15, -0.1) is 0 Å². The molecular formula is C13H23N3. The molecule has 1 aliphatic heterocycles. The van der Waals surface area contributed by atoms with E-state index < -0.39 is 0 Å². The topological polar surface area (TPSA) is 21.1 Å². The lowest BCUT2D eigenvalue weighted by Gasteiger charge is -2.24. The largest absolute Gasteiger partial charge is 0.342 e. The molecule has 0 spiro atoms. The second kappa shape index (κ2) is 4.89. The minimum absolute atomic E-state index is 0.499. The molecule has 0 atom stereocenters. The molecule has 0 bridgehead atoms. The highest BCUT2D eigenvalue weighted by Crippen LogP contribution is 2.22. The molecule has 1 aromatic rings. The van der Waals surface area contributed by atoms with Gasteiger partial charge in [0.1, 0.15) is 0 Å². The van der Waals surface area contributed by atoms with E-state index in [0.29, 0.717) is 6.04 Å². The van der Waals surface area contributed by atoms with Gasteiger partial charge in [0, 0.05) is 25.3 Å². The Morgan fingerprint density at radius 3 is 2.31 bits per heavy atom. The van der Waals surface area contributed by atoms with Gasteiger partial charge >= 0.3 is 0 Å². The van der Waals surface area contributed by atoms with Crippen LogP contribution in [0.3, 0.4) is 0 Å². The summed E-state index contributed by atoms with van der Waals surface area (Å²) >= 11 is 0. The molecule has 3 nitrogen and oxygen atoms in total. The third kappa shape index (κ3) is 2.39. The molecule has 0 amide bonds. The molecule has 0 aliphatic carbocycles. The number of rotatable bonds is 2. The van der Waals surface area contributed by atoms with Crippen molar-refractivity contribution in [3.05, 3.63) is 11.9 Å². The number of nitrogens with zero attached hydrogens (tertiary/aromatic N) is 3. The van der Waals surface area contributed by atoms with Crippen molar-refractivity contribution in [2.24, 2.45) is 0 Å². The highest BCUT2D eigenvalue weighted by molar-refractivity contribution is 5.34. The summed E-state index contributed by atoms with van der Waals surface area (Å²) in [5.74, 6) is 1.18. The highest BCUT2D eigenvalue weighted by atomic mass is 15.3. The highest BCUT2D eigenvalue weighted by Gasteiger charge is 2.17. The fraction of sp³-hybridized carbons (Fsp3) is 0.769. The van der Waals surface area contributed by atoms with Crippen LogP contribution < -0.4 is 4.90 Å². The molecule has 0 aromatic carbocycles. The number of hydrogen-bond donors (Lipinski definition) is 0. The maximum absolute atomic E-state index is 4.69. The van der Waals surface area contributed by atoms with Crippen LogP contribution >= 0.6 is 0 Å². The van der Waals surface area contributed by atoms with Crippen molar-refractivity contribution in [1.82, 2.24) is 9.55 Å². The Morgan fingerprint density at radius 1 is 1.12 bits per heavy atom. The van der Waals surface area contributed by atoms with Crippen molar-refractivity contribution in [2.45, 2.75) is 52.5 Å². The van der Waals surface area contributed by atoms with E-state index in [0.717, 1.165) is 5.69 Å². The first-order chi connectivity index (χ1) is 7.68. The quantitative estimate of drug-likeness (QED) is 0.765. The molecule has 2 heterocycles. The van der Waals surface area contributed by atoms with Gasteiger partial charge in [0.2, 0.25) is 5.95 Å². The molecule has 0 N–H and O–H groups in total. The van der Waals surface area contributed by atoms with Crippen molar-refractivity contribution in [2.75, 3.05) is 18.0 Å². The second-order valence-corrected chi connectivity index (χ2v) is 5.08. The fourth-order valence-corrected chi connectivity index (χ4v) is 2.39. The van der Waals surface area contributed by atoms with E-state index in [4.69, 9.17) is 0 Å². The average Bonchev–Trinajstić information content (AvgIpc) is 2.49. The van der Waals surface area contributed by atoms with Crippen LogP contribution in [0.5, 0.6) is 0 Å². The lowest BCUT2D eigenvalue weighted by Crippen LogP contribution is -2.27. The molecule has 0 radical (unpaired) electrons. The molecule has 1 fully saturated rings. The summed E-state index contributed by atoms with van der Waals surface area (Å²) in [4.78, 5) is 7.14. The Hall–Kier alpha value is -0.990. The lowest BCUT2D eigenvalue weighted by atomic mass is 10.2. The molecule has 16 heavy (non-hydrogen) atoms. The maximum atomic E-state index is 4.69. The molecule has 0 saturated carbocycles. The van der Waals surface area contributed by atoms with E-state index >= 15 is 0 Å². The maximum Gasteiger partial charge on any atom is 0.205 e. The Bertz CT molecular complexity index is 333. The van der Waals surface area contributed by atoms with Crippen molar-refractivity contribution < 1.29 is 0 Å². The molecule has 1 aliphatic rings. The van der Waals surface area contributed by atoms with Crippen LogP contribution in [0.25, 0.3) is 0 Å². The molecule has 90 valence electrons. The van der Waals surface area contributed by atoms with Crippen LogP contribution in [-0.4, -0.2) is 22.6 Å². The van der Waals surface area contributed by atoms with E-state index in [1.165, 1.54) is 44.7 Å². The van der Waals surface area contributed by atoms with Gasteiger partial charge in [0.25, 0.3) is 0 Å². The average molecular weight is 221 g/mol. The zero-order chi connectivity index (χ0) is 11.5. The summed E-state index contributed by atoms with van der Waals surface area (Å²) in [7, 11) is 0. The van der Waals surface area contributed by atoms with Crippen LogP contribution in [0, 0.1) is 6.92 Å². The zero-order valence-corrected chi connectivity index (χ0v) is 10.7. The Balaban J connectivity index is 2.23. The van der Waals surface area contributed by atoms with Gasteiger partial charge in [-0.05, 0) is 33.6 Å². The predicted molar refractivity (Wildman–Crippen MR) is 68.0 cm³/mol. The van der Waals surface area contributed by atoms with Gasteiger partial charge in [0.05, 0.1) is 5.69 Å². The Labute approximate surface area is 98.5 Å². The molecule has 1 saturated heterocycles. The first kappa shape index (κ1) is 11.5. The second-order valence-electron chi connectivity index (χ2n) is 5.08. The number of anilines is 1. The van der Waals surface area contributed by atoms with Crippen molar-refractivity contribution in [1.29, 1.82) is 0 Å². The van der Waals surface area contributed by atoms with Crippen LogP contribution in [0.15, 0.2) is 6.20 Å². The molecule has 0 unspecified atom stereocenters. The third-order valence-corrected chi connectivity index (χ3v) is 3.28. The summed E-state index contributed by atoms with van der Waals surface area (Å²) in [6, 6.07) is 0.499.